The van der Waals surface area contributed by atoms with Gasteiger partial charge in [0.1, 0.15) is 17.5 Å². The molecule has 2 heterocycles. The summed E-state index contributed by atoms with van der Waals surface area (Å²) in [5.41, 5.74) is -1.29. The molecule has 0 radical (unpaired) electrons. The average Bonchev–Trinajstić information content (AvgIpc) is 3.26. The zero-order valence-corrected chi connectivity index (χ0v) is 23.0. The average molecular weight is 593 g/mol. The summed E-state index contributed by atoms with van der Waals surface area (Å²) in [6, 6.07) is -1.53. The molecule has 1 aliphatic heterocycles. The summed E-state index contributed by atoms with van der Waals surface area (Å²) >= 11 is 0. The molecule has 1 aromatic carbocycles. The largest absolute Gasteiger partial charge is 0.451 e. The zero-order chi connectivity index (χ0) is 30.9. The lowest BCUT2D eigenvalue weighted by Gasteiger charge is -2.37. The number of fused-ring (bicyclic) bond motifs is 1. The van der Waals surface area contributed by atoms with E-state index in [9.17, 15) is 40.7 Å². The van der Waals surface area contributed by atoms with Crippen LogP contribution >= 0.6 is 0 Å². The molecule has 2 aromatic rings. The first-order chi connectivity index (χ1) is 18.9. The topological polar surface area (TPSA) is 110 Å². The lowest BCUT2D eigenvalue weighted by molar-refractivity contribution is -0.148. The molecule has 0 bridgehead atoms. The second kappa shape index (κ2) is 11.9. The Labute approximate surface area is 231 Å². The Bertz CT molecular complexity index is 1310. The lowest BCUT2D eigenvalue weighted by Crippen LogP contribution is -2.48. The molecule has 0 fully saturated rings. The van der Waals surface area contributed by atoms with Crippen LogP contribution in [0, 0.1) is 17.5 Å². The molecule has 2 atom stereocenters. The number of ether oxygens (including phenoxy) is 1. The van der Waals surface area contributed by atoms with Gasteiger partial charge in [-0.05, 0) is 38.8 Å². The predicted octanol–water partition coefficient (Wildman–Crippen LogP) is 3.60. The summed E-state index contributed by atoms with van der Waals surface area (Å²) in [4.78, 5) is 40.9. The first kappa shape index (κ1) is 31.7. The number of aromatic nitrogens is 3. The van der Waals surface area contributed by atoms with Gasteiger partial charge in [0.25, 0.3) is 0 Å². The molecule has 1 aliphatic rings. The molecule has 3 amide bonds. The Hall–Kier alpha value is -3.85. The Balaban J connectivity index is 1.93. The van der Waals surface area contributed by atoms with Crippen molar-refractivity contribution in [1.82, 2.24) is 29.9 Å². The molecule has 226 valence electrons. The van der Waals surface area contributed by atoms with Crippen LogP contribution in [-0.2, 0) is 33.5 Å². The molecule has 0 aliphatic carbocycles. The SMILES string of the molecule is CN(C)C(=O)C[C@H]1c2nnc(C(F)(F)F)n2CCN1C(=O)C[C@@H](Cc1cc(F)c(F)cc1F)NC(=O)OC(C)(C)C. The number of amides is 3. The van der Waals surface area contributed by atoms with E-state index in [1.54, 1.807) is 20.8 Å². The highest BCUT2D eigenvalue weighted by molar-refractivity contribution is 5.81. The van der Waals surface area contributed by atoms with Crippen LogP contribution in [0.4, 0.5) is 31.1 Å². The van der Waals surface area contributed by atoms with E-state index in [2.05, 4.69) is 15.5 Å². The monoisotopic (exact) mass is 592 g/mol. The maximum absolute atomic E-state index is 14.4. The van der Waals surface area contributed by atoms with E-state index >= 15 is 0 Å². The van der Waals surface area contributed by atoms with Crippen LogP contribution in [0.3, 0.4) is 0 Å². The molecule has 1 N–H and O–H groups in total. The van der Waals surface area contributed by atoms with Crippen molar-refractivity contribution < 1.29 is 45.5 Å². The van der Waals surface area contributed by atoms with Crippen LogP contribution in [-0.4, -0.2) is 74.8 Å². The predicted molar refractivity (Wildman–Crippen MR) is 131 cm³/mol. The Kier molecular flexibility index (Phi) is 9.23. The Morgan fingerprint density at radius 2 is 1.68 bits per heavy atom. The maximum Gasteiger partial charge on any atom is 0.451 e. The minimum Gasteiger partial charge on any atom is -0.444 e. The van der Waals surface area contributed by atoms with Crippen molar-refractivity contribution in [2.45, 2.75) is 70.4 Å². The van der Waals surface area contributed by atoms with Gasteiger partial charge in [-0.1, -0.05) is 0 Å². The summed E-state index contributed by atoms with van der Waals surface area (Å²) in [5.74, 6) is -6.66. The molecule has 3 rings (SSSR count). The number of hydrogen-bond donors (Lipinski definition) is 1. The third kappa shape index (κ3) is 7.88. The lowest BCUT2D eigenvalue weighted by atomic mass is 10.00. The third-order valence-electron chi connectivity index (χ3n) is 6.16. The van der Waals surface area contributed by atoms with Gasteiger partial charge in [-0.2, -0.15) is 13.2 Å². The van der Waals surface area contributed by atoms with Crippen LogP contribution in [0.15, 0.2) is 12.1 Å². The van der Waals surface area contributed by atoms with E-state index in [0.717, 1.165) is 9.47 Å². The fraction of sp³-hybridized carbons (Fsp3) is 0.560. The number of nitrogens with one attached hydrogen (secondary N) is 1. The normalized spacial score (nSPS) is 16.2. The summed E-state index contributed by atoms with van der Waals surface area (Å²) in [5, 5.41) is 9.27. The van der Waals surface area contributed by atoms with Gasteiger partial charge in [0, 0.05) is 45.7 Å². The van der Waals surface area contributed by atoms with Gasteiger partial charge in [-0.25, -0.2) is 18.0 Å². The summed E-state index contributed by atoms with van der Waals surface area (Å²) in [7, 11) is 2.86. The molecular formula is C25H30F6N6O4. The molecule has 0 unspecified atom stereocenters. The van der Waals surface area contributed by atoms with Gasteiger partial charge in [0.15, 0.2) is 17.5 Å². The van der Waals surface area contributed by atoms with E-state index < -0.39 is 84.3 Å². The smallest absolute Gasteiger partial charge is 0.444 e. The number of alkyl carbamates (subject to hydrolysis) is 1. The second-order valence-corrected chi connectivity index (χ2v) is 10.7. The van der Waals surface area contributed by atoms with Gasteiger partial charge in [0.05, 0.1) is 6.42 Å². The number of hydrogen-bond acceptors (Lipinski definition) is 6. The number of benzene rings is 1. The number of nitrogens with zero attached hydrogens (tertiary/aromatic N) is 5. The van der Waals surface area contributed by atoms with E-state index in [1.807, 2.05) is 0 Å². The second-order valence-electron chi connectivity index (χ2n) is 10.7. The number of carbonyl (C=O) groups excluding carboxylic acids is 3. The van der Waals surface area contributed by atoms with Gasteiger partial charge >= 0.3 is 12.3 Å². The van der Waals surface area contributed by atoms with E-state index in [4.69, 9.17) is 4.74 Å². The minimum atomic E-state index is -4.83. The quantitative estimate of drug-likeness (QED) is 0.389. The van der Waals surface area contributed by atoms with Crippen molar-refractivity contribution in [1.29, 1.82) is 0 Å². The molecular weight excluding hydrogens is 562 g/mol. The van der Waals surface area contributed by atoms with Crippen LogP contribution in [0.2, 0.25) is 0 Å². The molecule has 0 spiro atoms. The number of halogens is 6. The van der Waals surface area contributed by atoms with Crippen molar-refractivity contribution in [3.05, 3.63) is 46.8 Å². The Morgan fingerprint density at radius 3 is 2.27 bits per heavy atom. The van der Waals surface area contributed by atoms with E-state index in [1.165, 1.54) is 19.0 Å². The molecule has 10 nitrogen and oxygen atoms in total. The van der Waals surface area contributed by atoms with Crippen LogP contribution in [0.1, 0.15) is 56.9 Å². The van der Waals surface area contributed by atoms with E-state index in [-0.39, 0.29) is 24.5 Å². The van der Waals surface area contributed by atoms with Gasteiger partial charge in [-0.15, -0.1) is 10.2 Å². The molecule has 1 aromatic heterocycles. The van der Waals surface area contributed by atoms with Crippen LogP contribution in [0.5, 0.6) is 0 Å². The van der Waals surface area contributed by atoms with Crippen molar-refractivity contribution in [3.8, 4) is 0 Å². The standard InChI is InChI=1S/C25H30F6N6O4/c1-24(2,3)41-23(40)32-14(8-13-9-16(27)17(28)11-15(13)26)10-20(39)36-6-7-37-21(18(36)12-19(38)35(4)5)33-34-22(37)25(29,30)31/h9,11,14,18H,6-8,10,12H2,1-5H3,(H,32,40)/t14-,18+/m1/s1. The van der Waals surface area contributed by atoms with Gasteiger partial charge in [0.2, 0.25) is 17.6 Å². The minimum absolute atomic E-state index is 0.254. The maximum atomic E-state index is 14.4. The molecule has 0 saturated carbocycles. The summed E-state index contributed by atoms with van der Waals surface area (Å²) < 4.78 is 88.2. The number of rotatable bonds is 7. The van der Waals surface area contributed by atoms with Crippen molar-refractivity contribution in [3.63, 3.8) is 0 Å². The van der Waals surface area contributed by atoms with Crippen LogP contribution < -0.4 is 5.32 Å². The summed E-state index contributed by atoms with van der Waals surface area (Å²) in [6.45, 7) is 4.13. The van der Waals surface area contributed by atoms with Gasteiger partial charge < -0.3 is 24.4 Å². The number of carbonyl (C=O) groups is 3. The van der Waals surface area contributed by atoms with Crippen molar-refractivity contribution >= 4 is 17.9 Å². The van der Waals surface area contributed by atoms with E-state index in [0.29, 0.717) is 12.1 Å². The van der Waals surface area contributed by atoms with Crippen molar-refractivity contribution in [2.24, 2.45) is 0 Å². The molecule has 0 saturated heterocycles. The van der Waals surface area contributed by atoms with Crippen molar-refractivity contribution in [2.75, 3.05) is 20.6 Å². The first-order valence-corrected chi connectivity index (χ1v) is 12.5. The highest BCUT2D eigenvalue weighted by atomic mass is 19.4. The van der Waals surface area contributed by atoms with Crippen LogP contribution in [0.25, 0.3) is 0 Å². The Morgan fingerprint density at radius 1 is 1.05 bits per heavy atom. The fourth-order valence-electron chi connectivity index (χ4n) is 4.30. The molecule has 16 heteroatoms. The fourth-order valence-corrected chi connectivity index (χ4v) is 4.30. The zero-order valence-electron chi connectivity index (χ0n) is 23.0. The third-order valence-corrected chi connectivity index (χ3v) is 6.16. The number of alkyl halides is 3. The highest BCUT2D eigenvalue weighted by Crippen LogP contribution is 2.35. The summed E-state index contributed by atoms with van der Waals surface area (Å²) in [6.07, 6.45) is -7.24. The first-order valence-electron chi connectivity index (χ1n) is 12.5. The highest BCUT2D eigenvalue weighted by Gasteiger charge is 2.43. The molecule has 41 heavy (non-hydrogen) atoms. The van der Waals surface area contributed by atoms with Gasteiger partial charge in [-0.3, -0.25) is 9.59 Å².